The number of nitrogens with one attached hydrogen (secondary N) is 1. The number of piperidine rings is 1. The lowest BCUT2D eigenvalue weighted by Gasteiger charge is -2.37. The molecule has 106 valence electrons. The van der Waals surface area contributed by atoms with Gasteiger partial charge < -0.3 is 10.2 Å². The van der Waals surface area contributed by atoms with E-state index in [9.17, 15) is 0 Å². The average Bonchev–Trinajstić information content (AvgIpc) is 2.31. The van der Waals surface area contributed by atoms with Gasteiger partial charge in [-0.1, -0.05) is 33.6 Å². The van der Waals surface area contributed by atoms with Crippen molar-refractivity contribution in [3.05, 3.63) is 0 Å². The lowest BCUT2D eigenvalue weighted by Crippen LogP contribution is -2.43. The highest BCUT2D eigenvalue weighted by Crippen LogP contribution is 2.29. The Labute approximate surface area is 114 Å². The van der Waals surface area contributed by atoms with Crippen LogP contribution < -0.4 is 5.32 Å². The topological polar surface area (TPSA) is 15.3 Å². The Balaban J connectivity index is 1.58. The van der Waals surface area contributed by atoms with E-state index in [1.807, 2.05) is 0 Å². The smallest absolute Gasteiger partial charge is 0.0107 e. The van der Waals surface area contributed by atoms with Crippen molar-refractivity contribution in [2.24, 2.45) is 11.3 Å². The maximum absolute atomic E-state index is 3.78. The Kier molecular flexibility index (Phi) is 5.08. The van der Waals surface area contributed by atoms with Crippen LogP contribution in [0.3, 0.4) is 0 Å². The van der Waals surface area contributed by atoms with E-state index >= 15 is 0 Å². The molecule has 0 aromatic rings. The summed E-state index contributed by atoms with van der Waals surface area (Å²) in [7, 11) is 0. The first-order valence-electron chi connectivity index (χ1n) is 8.01. The molecule has 2 unspecified atom stereocenters. The molecule has 2 aliphatic rings. The van der Waals surface area contributed by atoms with Gasteiger partial charge in [-0.2, -0.15) is 0 Å². The van der Waals surface area contributed by atoms with Crippen LogP contribution in [0, 0.1) is 11.3 Å². The summed E-state index contributed by atoms with van der Waals surface area (Å²) in [5.41, 5.74) is 0.586. The molecule has 2 atom stereocenters. The minimum absolute atomic E-state index is 0.586. The second-order valence-corrected chi connectivity index (χ2v) is 7.43. The molecule has 2 nitrogen and oxygen atoms in total. The first kappa shape index (κ1) is 14.3. The van der Waals surface area contributed by atoms with E-state index in [1.165, 1.54) is 64.7 Å². The number of rotatable bonds is 4. The molecule has 1 N–H and O–H groups in total. The van der Waals surface area contributed by atoms with E-state index in [0.29, 0.717) is 5.41 Å². The van der Waals surface area contributed by atoms with Gasteiger partial charge in [0.2, 0.25) is 0 Å². The molecule has 18 heavy (non-hydrogen) atoms. The van der Waals surface area contributed by atoms with Crippen LogP contribution in [-0.4, -0.2) is 37.1 Å². The molecular formula is C16H32N2. The third-order valence-electron chi connectivity index (χ3n) is 5.01. The van der Waals surface area contributed by atoms with Gasteiger partial charge in [0.05, 0.1) is 0 Å². The van der Waals surface area contributed by atoms with Crippen LogP contribution in [0.4, 0.5) is 0 Å². The summed E-state index contributed by atoms with van der Waals surface area (Å²) in [5.74, 6) is 0.937. The highest BCUT2D eigenvalue weighted by atomic mass is 15.1. The molecule has 0 radical (unpaired) electrons. The Morgan fingerprint density at radius 1 is 1.17 bits per heavy atom. The van der Waals surface area contributed by atoms with Gasteiger partial charge in [0, 0.05) is 19.1 Å². The molecule has 0 amide bonds. The fourth-order valence-electron chi connectivity index (χ4n) is 3.43. The van der Waals surface area contributed by atoms with Gasteiger partial charge in [-0.3, -0.25) is 0 Å². The summed E-state index contributed by atoms with van der Waals surface area (Å²) in [5, 5.41) is 3.78. The average molecular weight is 252 g/mol. The molecule has 1 heterocycles. The van der Waals surface area contributed by atoms with Gasteiger partial charge in [-0.05, 0) is 50.1 Å². The molecule has 0 bridgehead atoms. The lowest BCUT2D eigenvalue weighted by atomic mass is 9.83. The number of hydrogen-bond donors (Lipinski definition) is 1. The summed E-state index contributed by atoms with van der Waals surface area (Å²) < 4.78 is 0. The van der Waals surface area contributed by atoms with Gasteiger partial charge in [0.1, 0.15) is 0 Å². The van der Waals surface area contributed by atoms with Crippen molar-refractivity contribution in [1.29, 1.82) is 0 Å². The SMILES string of the molecule is CC1CCCC(NCCN2CCC(C)(C)CC2)C1. The summed E-state index contributed by atoms with van der Waals surface area (Å²) >= 11 is 0. The Morgan fingerprint density at radius 3 is 2.56 bits per heavy atom. The standard InChI is InChI=1S/C16H32N2/c1-14-5-4-6-15(13-14)17-9-12-18-10-7-16(2,3)8-11-18/h14-15,17H,4-13H2,1-3H3. The molecule has 0 spiro atoms. The van der Waals surface area contributed by atoms with E-state index in [4.69, 9.17) is 0 Å². The van der Waals surface area contributed by atoms with E-state index in [-0.39, 0.29) is 0 Å². The molecule has 2 heteroatoms. The van der Waals surface area contributed by atoms with Crippen molar-refractivity contribution in [2.45, 2.75) is 65.3 Å². The summed E-state index contributed by atoms with van der Waals surface area (Å²) in [4.78, 5) is 2.64. The van der Waals surface area contributed by atoms with Gasteiger partial charge >= 0.3 is 0 Å². The number of hydrogen-bond acceptors (Lipinski definition) is 2. The highest BCUT2D eigenvalue weighted by Gasteiger charge is 2.25. The minimum atomic E-state index is 0.586. The van der Waals surface area contributed by atoms with Crippen molar-refractivity contribution in [1.82, 2.24) is 10.2 Å². The van der Waals surface area contributed by atoms with Gasteiger partial charge in [0.15, 0.2) is 0 Å². The molecular weight excluding hydrogens is 220 g/mol. The summed E-state index contributed by atoms with van der Waals surface area (Å²) in [6, 6.07) is 0.801. The zero-order chi connectivity index (χ0) is 13.0. The zero-order valence-corrected chi connectivity index (χ0v) is 12.7. The van der Waals surface area contributed by atoms with Crippen molar-refractivity contribution >= 4 is 0 Å². The summed E-state index contributed by atoms with van der Waals surface area (Å²) in [6.45, 7) is 12.3. The molecule has 2 rings (SSSR count). The Bertz CT molecular complexity index is 239. The molecule has 0 aromatic carbocycles. The van der Waals surface area contributed by atoms with Crippen LogP contribution >= 0.6 is 0 Å². The Morgan fingerprint density at radius 2 is 1.89 bits per heavy atom. The first-order valence-corrected chi connectivity index (χ1v) is 8.01. The van der Waals surface area contributed by atoms with Crippen molar-refractivity contribution in [2.75, 3.05) is 26.2 Å². The van der Waals surface area contributed by atoms with Gasteiger partial charge in [-0.15, -0.1) is 0 Å². The van der Waals surface area contributed by atoms with E-state index < -0.39 is 0 Å². The van der Waals surface area contributed by atoms with Crippen LogP contribution in [0.2, 0.25) is 0 Å². The molecule has 1 aliphatic heterocycles. The molecule has 1 aliphatic carbocycles. The monoisotopic (exact) mass is 252 g/mol. The predicted molar refractivity (Wildman–Crippen MR) is 78.9 cm³/mol. The van der Waals surface area contributed by atoms with E-state index in [1.54, 1.807) is 0 Å². The minimum Gasteiger partial charge on any atom is -0.313 e. The number of nitrogens with zero attached hydrogens (tertiary/aromatic N) is 1. The highest BCUT2D eigenvalue weighted by molar-refractivity contribution is 4.80. The number of likely N-dealkylation sites (tertiary alicyclic amines) is 1. The maximum Gasteiger partial charge on any atom is 0.0107 e. The fourth-order valence-corrected chi connectivity index (χ4v) is 3.43. The first-order chi connectivity index (χ1) is 8.55. The normalized spacial score (nSPS) is 33.5. The van der Waals surface area contributed by atoms with Gasteiger partial charge in [0.25, 0.3) is 0 Å². The molecule has 1 saturated carbocycles. The lowest BCUT2D eigenvalue weighted by molar-refractivity contribution is 0.131. The van der Waals surface area contributed by atoms with Crippen molar-refractivity contribution in [3.63, 3.8) is 0 Å². The maximum atomic E-state index is 3.78. The van der Waals surface area contributed by atoms with E-state index in [2.05, 4.69) is 31.0 Å². The molecule has 1 saturated heterocycles. The van der Waals surface area contributed by atoms with Crippen LogP contribution in [0.5, 0.6) is 0 Å². The quantitative estimate of drug-likeness (QED) is 0.826. The predicted octanol–water partition coefficient (Wildman–Crippen LogP) is 3.28. The third kappa shape index (κ3) is 4.55. The second kappa shape index (κ2) is 6.38. The van der Waals surface area contributed by atoms with Gasteiger partial charge in [-0.25, -0.2) is 0 Å². The van der Waals surface area contributed by atoms with Crippen molar-refractivity contribution < 1.29 is 0 Å². The van der Waals surface area contributed by atoms with E-state index in [0.717, 1.165) is 12.0 Å². The third-order valence-corrected chi connectivity index (χ3v) is 5.01. The Hall–Kier alpha value is -0.0800. The largest absolute Gasteiger partial charge is 0.313 e. The fraction of sp³-hybridized carbons (Fsp3) is 1.00. The van der Waals surface area contributed by atoms with Crippen LogP contribution in [0.25, 0.3) is 0 Å². The van der Waals surface area contributed by atoms with Crippen LogP contribution in [-0.2, 0) is 0 Å². The molecule has 0 aromatic heterocycles. The van der Waals surface area contributed by atoms with Crippen molar-refractivity contribution in [3.8, 4) is 0 Å². The van der Waals surface area contributed by atoms with Crippen LogP contribution in [0.1, 0.15) is 59.3 Å². The van der Waals surface area contributed by atoms with Crippen LogP contribution in [0.15, 0.2) is 0 Å². The zero-order valence-electron chi connectivity index (χ0n) is 12.7. The molecule has 2 fully saturated rings. The summed E-state index contributed by atoms with van der Waals surface area (Å²) in [6.07, 6.45) is 8.40. The second-order valence-electron chi connectivity index (χ2n) is 7.43.